The number of carbonyl (C=O) groups is 2. The number of halogens is 2. The molecule has 2 amide bonds. The van der Waals surface area contributed by atoms with Gasteiger partial charge >= 0.3 is 0 Å². The Hall–Kier alpha value is -3.77. The molecule has 41 heavy (non-hydrogen) atoms. The van der Waals surface area contributed by atoms with E-state index in [1.807, 2.05) is 0 Å². The normalized spacial score (nSPS) is 25.8. The summed E-state index contributed by atoms with van der Waals surface area (Å²) in [6.45, 7) is 0.976. The molecule has 12 heteroatoms. The number of carbonyl (C=O) groups excluding carboxylic acids is 2. The molecule has 3 aromatic rings. The summed E-state index contributed by atoms with van der Waals surface area (Å²) in [5, 5.41) is 20.6. The second-order valence-electron chi connectivity index (χ2n) is 11.2. The van der Waals surface area contributed by atoms with Gasteiger partial charge in [0, 0.05) is 49.7 Å². The van der Waals surface area contributed by atoms with E-state index in [0.29, 0.717) is 25.3 Å². The number of likely N-dealkylation sites (tertiary alicyclic amines) is 1. The molecule has 2 aromatic heterocycles. The average Bonchev–Trinajstić information content (AvgIpc) is 3.59. The first kappa shape index (κ1) is 27.4. The molecule has 0 bridgehead atoms. The van der Waals surface area contributed by atoms with Crippen molar-refractivity contribution < 1.29 is 28.0 Å². The monoisotopic (exact) mass is 566 g/mol. The molecule has 1 saturated heterocycles. The van der Waals surface area contributed by atoms with Gasteiger partial charge in [-0.3, -0.25) is 14.5 Å². The number of piperidine rings is 1. The maximum absolute atomic E-state index is 14.2. The van der Waals surface area contributed by atoms with Gasteiger partial charge in [0.15, 0.2) is 17.3 Å². The molecular formula is C29H32F2N6O4. The molecule has 3 heterocycles. The van der Waals surface area contributed by atoms with Gasteiger partial charge < -0.3 is 20.3 Å². The largest absolute Gasteiger partial charge is 0.391 e. The highest BCUT2D eigenvalue weighted by atomic mass is 19.1. The molecule has 6 rings (SSSR count). The topological polar surface area (TPSA) is 133 Å². The summed E-state index contributed by atoms with van der Waals surface area (Å²) in [6, 6.07) is 5.49. The first-order valence-corrected chi connectivity index (χ1v) is 14.1. The lowest BCUT2D eigenvalue weighted by atomic mass is 9.85. The number of amides is 2. The summed E-state index contributed by atoms with van der Waals surface area (Å²) < 4.78 is 32.7. The van der Waals surface area contributed by atoms with E-state index < -0.39 is 41.1 Å². The van der Waals surface area contributed by atoms with E-state index in [1.165, 1.54) is 12.1 Å². The van der Waals surface area contributed by atoms with Crippen LogP contribution in [0.1, 0.15) is 61.3 Å². The zero-order valence-corrected chi connectivity index (χ0v) is 22.4. The van der Waals surface area contributed by atoms with Gasteiger partial charge in [-0.25, -0.2) is 18.7 Å². The lowest BCUT2D eigenvalue weighted by molar-refractivity contribution is -0.130. The van der Waals surface area contributed by atoms with Gasteiger partial charge in [-0.15, -0.1) is 0 Å². The predicted molar refractivity (Wildman–Crippen MR) is 142 cm³/mol. The maximum Gasteiger partial charge on any atom is 0.273 e. The number of aliphatic hydroxyl groups is 1. The van der Waals surface area contributed by atoms with Gasteiger partial charge in [0.2, 0.25) is 5.91 Å². The van der Waals surface area contributed by atoms with Crippen molar-refractivity contribution in [3.8, 4) is 11.3 Å². The van der Waals surface area contributed by atoms with Crippen LogP contribution in [0.15, 0.2) is 47.2 Å². The predicted octanol–water partition coefficient (Wildman–Crippen LogP) is 2.94. The number of aromatic nitrogens is 3. The average molecular weight is 567 g/mol. The zero-order valence-electron chi connectivity index (χ0n) is 22.4. The number of nitrogens with one attached hydrogen (secondary N) is 2. The molecule has 0 spiro atoms. The van der Waals surface area contributed by atoms with Crippen LogP contribution in [0.3, 0.4) is 0 Å². The Morgan fingerprint density at radius 3 is 2.59 bits per heavy atom. The van der Waals surface area contributed by atoms with Crippen molar-refractivity contribution in [1.82, 2.24) is 30.7 Å². The Kier molecular flexibility index (Phi) is 7.52. The fraction of sp³-hybridized carbons (Fsp3) is 0.483. The van der Waals surface area contributed by atoms with Crippen molar-refractivity contribution in [3.63, 3.8) is 0 Å². The Bertz CT molecular complexity index is 1420. The smallest absolute Gasteiger partial charge is 0.273 e. The summed E-state index contributed by atoms with van der Waals surface area (Å²) in [5.74, 6) is -2.41. The molecular weight excluding hydrogens is 534 g/mol. The standard InChI is InChI=1S/C29H32F2N6O4/c30-17-6-7-18(20(31)14-17)25-15-22(36-41-25)27(40)34-21-8-13-37(23-4-1-2-5-24(23)38)16-19(21)26(39)35-29(9-10-29)28-32-11-3-12-33-28/h3,6-7,11-12,14-15,19,21,23-24,38H,1-2,4-5,8-10,13,16H2,(H,34,40)(H,35,39)/t19-,21-,23-,24+/m1/s1. The van der Waals surface area contributed by atoms with E-state index in [1.54, 1.807) is 18.5 Å². The van der Waals surface area contributed by atoms with Gasteiger partial charge in [-0.05, 0) is 50.3 Å². The number of rotatable bonds is 7. The molecule has 4 atom stereocenters. The van der Waals surface area contributed by atoms with Crippen molar-refractivity contribution in [3.05, 3.63) is 65.9 Å². The number of nitrogens with zero attached hydrogens (tertiary/aromatic N) is 4. The van der Waals surface area contributed by atoms with Crippen LogP contribution in [0.25, 0.3) is 11.3 Å². The highest BCUT2D eigenvalue weighted by Gasteiger charge is 2.50. The highest BCUT2D eigenvalue weighted by molar-refractivity contribution is 5.94. The molecule has 216 valence electrons. The van der Waals surface area contributed by atoms with Gasteiger partial charge in [0.05, 0.1) is 23.1 Å². The SMILES string of the molecule is O=C(N[C@@H]1CCN([C@@H]2CCCC[C@@H]2O)C[C@H]1C(=O)NC1(c2ncccn2)CC1)c1cc(-c2ccc(F)cc2F)on1. The van der Waals surface area contributed by atoms with Crippen molar-refractivity contribution in [2.75, 3.05) is 13.1 Å². The molecule has 0 radical (unpaired) electrons. The van der Waals surface area contributed by atoms with Crippen LogP contribution in [0.4, 0.5) is 8.78 Å². The second-order valence-corrected chi connectivity index (χ2v) is 11.2. The quantitative estimate of drug-likeness (QED) is 0.398. The number of hydrogen-bond acceptors (Lipinski definition) is 8. The van der Waals surface area contributed by atoms with Crippen LogP contribution < -0.4 is 10.6 Å². The molecule has 1 aliphatic heterocycles. The van der Waals surface area contributed by atoms with Gasteiger partial charge in [-0.2, -0.15) is 0 Å². The fourth-order valence-corrected chi connectivity index (χ4v) is 6.08. The van der Waals surface area contributed by atoms with Crippen molar-refractivity contribution >= 4 is 11.8 Å². The second kappa shape index (κ2) is 11.2. The van der Waals surface area contributed by atoms with Crippen LogP contribution in [0, 0.1) is 17.6 Å². The molecule has 0 unspecified atom stereocenters. The van der Waals surface area contributed by atoms with E-state index >= 15 is 0 Å². The van der Waals surface area contributed by atoms with Gasteiger partial charge in [-0.1, -0.05) is 18.0 Å². The summed E-state index contributed by atoms with van der Waals surface area (Å²) in [5.41, 5.74) is -0.725. The fourth-order valence-electron chi connectivity index (χ4n) is 6.08. The summed E-state index contributed by atoms with van der Waals surface area (Å²) in [7, 11) is 0. The van der Waals surface area contributed by atoms with E-state index in [-0.39, 0.29) is 29.0 Å². The Morgan fingerprint density at radius 2 is 1.85 bits per heavy atom. The third-order valence-corrected chi connectivity index (χ3v) is 8.51. The molecule has 1 aromatic carbocycles. The van der Waals surface area contributed by atoms with Crippen molar-refractivity contribution in [2.45, 2.75) is 68.7 Å². The van der Waals surface area contributed by atoms with Crippen LogP contribution in [0.2, 0.25) is 0 Å². The number of benzene rings is 1. The molecule has 3 N–H and O–H groups in total. The van der Waals surface area contributed by atoms with Crippen molar-refractivity contribution in [1.29, 1.82) is 0 Å². The Labute approximate surface area is 235 Å². The molecule has 10 nitrogen and oxygen atoms in total. The van der Waals surface area contributed by atoms with Crippen molar-refractivity contribution in [2.24, 2.45) is 5.92 Å². The van der Waals surface area contributed by atoms with E-state index in [4.69, 9.17) is 4.52 Å². The summed E-state index contributed by atoms with van der Waals surface area (Å²) in [4.78, 5) is 37.9. The van der Waals surface area contributed by atoms with E-state index in [9.17, 15) is 23.5 Å². The lowest BCUT2D eigenvalue weighted by Gasteiger charge is -2.44. The van der Waals surface area contributed by atoms with Gasteiger partial charge in [0.1, 0.15) is 11.6 Å². The third kappa shape index (κ3) is 5.71. The third-order valence-electron chi connectivity index (χ3n) is 8.51. The van der Waals surface area contributed by atoms with E-state index in [0.717, 1.165) is 50.7 Å². The molecule has 3 aliphatic rings. The van der Waals surface area contributed by atoms with Crippen LogP contribution in [-0.2, 0) is 10.3 Å². The van der Waals surface area contributed by atoms with E-state index in [2.05, 4.69) is 30.7 Å². The minimum Gasteiger partial charge on any atom is -0.391 e. The number of aliphatic hydroxyl groups excluding tert-OH is 1. The molecule has 3 fully saturated rings. The highest BCUT2D eigenvalue weighted by Crippen LogP contribution is 2.44. The Balaban J connectivity index is 1.20. The zero-order chi connectivity index (χ0) is 28.6. The minimum absolute atomic E-state index is 0.0124. The van der Waals surface area contributed by atoms with Crippen LogP contribution >= 0.6 is 0 Å². The summed E-state index contributed by atoms with van der Waals surface area (Å²) in [6.07, 6.45) is 8.36. The van der Waals surface area contributed by atoms with Crippen LogP contribution in [-0.4, -0.2) is 68.2 Å². The Morgan fingerprint density at radius 1 is 1.07 bits per heavy atom. The molecule has 2 saturated carbocycles. The number of hydrogen-bond donors (Lipinski definition) is 3. The lowest BCUT2D eigenvalue weighted by Crippen LogP contribution is -2.60. The first-order chi connectivity index (χ1) is 19.8. The first-order valence-electron chi connectivity index (χ1n) is 14.1. The van der Waals surface area contributed by atoms with Crippen LogP contribution in [0.5, 0.6) is 0 Å². The molecule has 2 aliphatic carbocycles. The summed E-state index contributed by atoms with van der Waals surface area (Å²) >= 11 is 0. The maximum atomic E-state index is 14.2. The van der Waals surface area contributed by atoms with Gasteiger partial charge in [0.25, 0.3) is 5.91 Å². The minimum atomic E-state index is -0.835.